The number of aryl methyl sites for hydroxylation is 1. The average Bonchev–Trinajstić information content (AvgIpc) is 2.50. The summed E-state index contributed by atoms with van der Waals surface area (Å²) in [6, 6.07) is 4.23. The van der Waals surface area contributed by atoms with Gasteiger partial charge in [-0.25, -0.2) is 0 Å². The van der Waals surface area contributed by atoms with Gasteiger partial charge in [-0.05, 0) is 36.5 Å². The van der Waals surface area contributed by atoms with Crippen molar-refractivity contribution in [1.29, 1.82) is 5.26 Å². The first-order valence-electron chi connectivity index (χ1n) is 4.56. The smallest absolute Gasteiger partial charge is 0.0915 e. The van der Waals surface area contributed by atoms with Crippen LogP contribution in [0, 0.1) is 11.3 Å². The van der Waals surface area contributed by atoms with Gasteiger partial charge in [0.25, 0.3) is 0 Å². The van der Waals surface area contributed by atoms with E-state index in [9.17, 15) is 0 Å². The van der Waals surface area contributed by atoms with Crippen molar-refractivity contribution in [1.82, 2.24) is 4.57 Å². The van der Waals surface area contributed by atoms with Crippen LogP contribution in [0.1, 0.15) is 24.1 Å². The molecule has 2 nitrogen and oxygen atoms in total. The van der Waals surface area contributed by atoms with Gasteiger partial charge in [0.2, 0.25) is 0 Å². The van der Waals surface area contributed by atoms with Crippen molar-refractivity contribution in [3.8, 4) is 6.07 Å². The molecule has 0 N–H and O–H groups in total. The summed E-state index contributed by atoms with van der Waals surface area (Å²) in [4.78, 5) is 0. The number of nitrogens with zero attached hydrogens (tertiary/aromatic N) is 2. The highest BCUT2D eigenvalue weighted by molar-refractivity contribution is 5.71. The van der Waals surface area contributed by atoms with Gasteiger partial charge in [-0.15, -0.1) is 0 Å². The molecule has 1 aliphatic rings. The molecule has 0 unspecified atom stereocenters. The standard InChI is InChI=1S/C11H12N2/c1-13-8-6-10-9(5-7-12)3-2-4-11(10)13/h5-6,8H,2-4H2,1H3/b9-5+. The topological polar surface area (TPSA) is 28.7 Å². The third-order valence-corrected chi connectivity index (χ3v) is 2.65. The van der Waals surface area contributed by atoms with E-state index in [4.69, 9.17) is 5.26 Å². The van der Waals surface area contributed by atoms with Gasteiger partial charge >= 0.3 is 0 Å². The van der Waals surface area contributed by atoms with Crippen LogP contribution < -0.4 is 0 Å². The Kier molecular flexibility index (Phi) is 1.94. The molecule has 0 radical (unpaired) electrons. The first-order valence-corrected chi connectivity index (χ1v) is 4.56. The molecular formula is C11H12N2. The van der Waals surface area contributed by atoms with Crippen LogP contribution in [0.4, 0.5) is 0 Å². The Labute approximate surface area is 78.1 Å². The third kappa shape index (κ3) is 1.27. The second-order valence-corrected chi connectivity index (χ2v) is 3.44. The lowest BCUT2D eigenvalue weighted by Crippen LogP contribution is -2.04. The van der Waals surface area contributed by atoms with E-state index >= 15 is 0 Å². The second-order valence-electron chi connectivity index (χ2n) is 3.44. The Morgan fingerprint density at radius 2 is 2.38 bits per heavy atom. The number of fused-ring (bicyclic) bond motifs is 1. The molecule has 1 aromatic rings. The van der Waals surface area contributed by atoms with E-state index in [1.807, 2.05) is 0 Å². The van der Waals surface area contributed by atoms with Gasteiger partial charge in [-0.3, -0.25) is 0 Å². The summed E-state index contributed by atoms with van der Waals surface area (Å²) in [7, 11) is 2.06. The largest absolute Gasteiger partial charge is 0.354 e. The molecule has 0 spiro atoms. The minimum absolute atomic E-state index is 1.05. The number of nitriles is 1. The fourth-order valence-corrected chi connectivity index (χ4v) is 1.97. The second kappa shape index (κ2) is 3.10. The first-order chi connectivity index (χ1) is 6.33. The molecule has 66 valence electrons. The van der Waals surface area contributed by atoms with Crippen LogP contribution in [0.15, 0.2) is 18.3 Å². The molecule has 1 heterocycles. The van der Waals surface area contributed by atoms with Crippen molar-refractivity contribution in [3.05, 3.63) is 29.6 Å². The fraction of sp³-hybridized carbons (Fsp3) is 0.364. The summed E-state index contributed by atoms with van der Waals surface area (Å²) < 4.78 is 2.15. The Morgan fingerprint density at radius 1 is 1.54 bits per heavy atom. The summed E-state index contributed by atoms with van der Waals surface area (Å²) in [5.74, 6) is 0. The summed E-state index contributed by atoms with van der Waals surface area (Å²) in [6.45, 7) is 0. The van der Waals surface area contributed by atoms with Crippen molar-refractivity contribution in [3.63, 3.8) is 0 Å². The molecule has 0 saturated carbocycles. The van der Waals surface area contributed by atoms with Gasteiger partial charge in [0.1, 0.15) is 0 Å². The lowest BCUT2D eigenvalue weighted by atomic mass is 9.92. The van der Waals surface area contributed by atoms with Crippen LogP contribution in [0.25, 0.3) is 5.57 Å². The highest BCUT2D eigenvalue weighted by Crippen LogP contribution is 2.30. The van der Waals surface area contributed by atoms with E-state index < -0.39 is 0 Å². The highest BCUT2D eigenvalue weighted by atomic mass is 14.9. The quantitative estimate of drug-likeness (QED) is 0.552. The minimum atomic E-state index is 1.05. The van der Waals surface area contributed by atoms with Gasteiger partial charge < -0.3 is 4.57 Å². The van der Waals surface area contributed by atoms with Crippen molar-refractivity contribution >= 4 is 5.57 Å². The molecule has 1 aromatic heterocycles. The predicted octanol–water partition coefficient (Wildman–Crippen LogP) is 2.27. The van der Waals surface area contributed by atoms with Gasteiger partial charge in [0.05, 0.1) is 6.07 Å². The van der Waals surface area contributed by atoms with E-state index in [1.54, 1.807) is 6.08 Å². The third-order valence-electron chi connectivity index (χ3n) is 2.65. The van der Waals surface area contributed by atoms with Crippen LogP contribution >= 0.6 is 0 Å². The molecule has 0 aromatic carbocycles. The normalized spacial score (nSPS) is 18.3. The molecule has 0 aliphatic heterocycles. The monoisotopic (exact) mass is 172 g/mol. The van der Waals surface area contributed by atoms with E-state index in [1.165, 1.54) is 23.3 Å². The molecular weight excluding hydrogens is 160 g/mol. The molecule has 13 heavy (non-hydrogen) atoms. The van der Waals surface area contributed by atoms with Gasteiger partial charge in [0, 0.05) is 25.0 Å². The maximum absolute atomic E-state index is 8.62. The van der Waals surface area contributed by atoms with E-state index in [0.717, 1.165) is 12.8 Å². The van der Waals surface area contributed by atoms with Gasteiger partial charge in [0.15, 0.2) is 0 Å². The lowest BCUT2D eigenvalue weighted by molar-refractivity contribution is 0.740. The van der Waals surface area contributed by atoms with Gasteiger partial charge in [-0.1, -0.05) is 0 Å². The molecule has 0 fully saturated rings. The van der Waals surface area contributed by atoms with Crippen LogP contribution in [0.5, 0.6) is 0 Å². The Hall–Kier alpha value is -1.49. The highest BCUT2D eigenvalue weighted by Gasteiger charge is 2.15. The van der Waals surface area contributed by atoms with E-state index in [-0.39, 0.29) is 0 Å². The van der Waals surface area contributed by atoms with Crippen molar-refractivity contribution in [2.24, 2.45) is 7.05 Å². The molecule has 2 rings (SSSR count). The zero-order chi connectivity index (χ0) is 9.26. The number of aromatic nitrogens is 1. The fourth-order valence-electron chi connectivity index (χ4n) is 1.97. The average molecular weight is 172 g/mol. The van der Waals surface area contributed by atoms with Crippen LogP contribution in [0.3, 0.4) is 0 Å². The molecule has 0 saturated heterocycles. The number of hydrogen-bond acceptors (Lipinski definition) is 1. The predicted molar refractivity (Wildman–Crippen MR) is 51.9 cm³/mol. The number of rotatable bonds is 0. The van der Waals surface area contributed by atoms with Crippen LogP contribution in [0.2, 0.25) is 0 Å². The van der Waals surface area contributed by atoms with Crippen molar-refractivity contribution in [2.75, 3.05) is 0 Å². The minimum Gasteiger partial charge on any atom is -0.354 e. The lowest BCUT2D eigenvalue weighted by Gasteiger charge is -2.15. The molecule has 2 heteroatoms. The molecule has 0 atom stereocenters. The Morgan fingerprint density at radius 3 is 3.15 bits per heavy atom. The molecule has 0 amide bonds. The van der Waals surface area contributed by atoms with E-state index in [2.05, 4.69) is 29.9 Å². The first kappa shape index (κ1) is 8.12. The molecule has 0 bridgehead atoms. The number of hydrogen-bond donors (Lipinski definition) is 0. The Balaban J connectivity index is 2.51. The Bertz CT molecular complexity index is 391. The van der Waals surface area contributed by atoms with Gasteiger partial charge in [-0.2, -0.15) is 5.26 Å². The van der Waals surface area contributed by atoms with Crippen LogP contribution in [-0.4, -0.2) is 4.57 Å². The summed E-state index contributed by atoms with van der Waals surface area (Å²) in [5.41, 5.74) is 3.84. The maximum Gasteiger partial charge on any atom is 0.0915 e. The zero-order valence-corrected chi connectivity index (χ0v) is 7.75. The van der Waals surface area contributed by atoms with Crippen LogP contribution in [-0.2, 0) is 13.5 Å². The van der Waals surface area contributed by atoms with E-state index in [0.29, 0.717) is 0 Å². The summed E-state index contributed by atoms with van der Waals surface area (Å²) in [6.07, 6.45) is 7.10. The number of allylic oxidation sites excluding steroid dienone is 2. The molecule has 1 aliphatic carbocycles. The zero-order valence-electron chi connectivity index (χ0n) is 7.75. The SMILES string of the molecule is Cn1ccc2c1CCC/C2=C\C#N. The maximum atomic E-state index is 8.62. The summed E-state index contributed by atoms with van der Waals surface area (Å²) in [5, 5.41) is 8.62. The summed E-state index contributed by atoms with van der Waals surface area (Å²) >= 11 is 0. The van der Waals surface area contributed by atoms with Crippen molar-refractivity contribution in [2.45, 2.75) is 19.3 Å². The van der Waals surface area contributed by atoms with Crippen molar-refractivity contribution < 1.29 is 0 Å².